The topological polar surface area (TPSA) is 55.6 Å². The minimum Gasteiger partial charge on any atom is -0.307 e. The molecule has 0 spiro atoms. The first kappa shape index (κ1) is 15.6. The van der Waals surface area contributed by atoms with Crippen LogP contribution in [0, 0.1) is 0 Å². The normalized spacial score (nSPS) is 13.4. The first-order valence-corrected chi connectivity index (χ1v) is 7.56. The highest BCUT2D eigenvalue weighted by atomic mass is 15.5. The number of rotatable bonds is 5. The number of benzene rings is 1. The van der Waals surface area contributed by atoms with Crippen LogP contribution in [0.15, 0.2) is 24.3 Å². The summed E-state index contributed by atoms with van der Waals surface area (Å²) in [4.78, 5) is 0. The third kappa shape index (κ3) is 3.67. The zero-order chi connectivity index (χ0) is 15.5. The SMILES string of the molecule is CCCNC(C)c1nnnn1-c1ccc(C(C)(C)C)cc1. The predicted octanol–water partition coefficient (Wildman–Crippen LogP) is 3.02. The lowest BCUT2D eigenvalue weighted by atomic mass is 9.87. The number of nitrogens with one attached hydrogen (secondary N) is 1. The summed E-state index contributed by atoms with van der Waals surface area (Å²) in [5.74, 6) is 0.840. The molecule has 1 heterocycles. The van der Waals surface area contributed by atoms with Crippen LogP contribution >= 0.6 is 0 Å². The zero-order valence-corrected chi connectivity index (χ0v) is 13.6. The number of aromatic nitrogens is 4. The van der Waals surface area contributed by atoms with Gasteiger partial charge in [0.25, 0.3) is 0 Å². The van der Waals surface area contributed by atoms with Gasteiger partial charge in [0.15, 0.2) is 5.82 Å². The van der Waals surface area contributed by atoms with E-state index in [1.165, 1.54) is 5.56 Å². The summed E-state index contributed by atoms with van der Waals surface area (Å²) >= 11 is 0. The van der Waals surface area contributed by atoms with Crippen LogP contribution in [0.3, 0.4) is 0 Å². The number of hydrogen-bond donors (Lipinski definition) is 1. The Hall–Kier alpha value is -1.75. The first-order valence-electron chi connectivity index (χ1n) is 7.56. The minimum atomic E-state index is 0.127. The Morgan fingerprint density at radius 2 is 1.86 bits per heavy atom. The van der Waals surface area contributed by atoms with Crippen LogP contribution in [0.5, 0.6) is 0 Å². The molecule has 0 bridgehead atoms. The van der Waals surface area contributed by atoms with Crippen LogP contribution in [-0.4, -0.2) is 26.8 Å². The maximum Gasteiger partial charge on any atom is 0.173 e. The van der Waals surface area contributed by atoms with E-state index in [9.17, 15) is 0 Å². The smallest absolute Gasteiger partial charge is 0.173 e. The van der Waals surface area contributed by atoms with Crippen molar-refractivity contribution in [1.82, 2.24) is 25.5 Å². The van der Waals surface area contributed by atoms with Gasteiger partial charge in [-0.1, -0.05) is 39.8 Å². The summed E-state index contributed by atoms with van der Waals surface area (Å²) in [6.45, 7) is 11.8. The molecule has 1 unspecified atom stereocenters. The third-order valence-electron chi connectivity index (χ3n) is 3.56. The van der Waals surface area contributed by atoms with Gasteiger partial charge in [0, 0.05) is 0 Å². The molecule has 0 amide bonds. The molecule has 1 aromatic carbocycles. The monoisotopic (exact) mass is 287 g/mol. The Kier molecular flexibility index (Phi) is 4.73. The molecule has 5 heteroatoms. The molecule has 5 nitrogen and oxygen atoms in total. The third-order valence-corrected chi connectivity index (χ3v) is 3.56. The van der Waals surface area contributed by atoms with Gasteiger partial charge >= 0.3 is 0 Å². The molecule has 1 N–H and O–H groups in total. The fourth-order valence-electron chi connectivity index (χ4n) is 2.20. The van der Waals surface area contributed by atoms with Crippen molar-refractivity contribution in [2.75, 3.05) is 6.54 Å². The van der Waals surface area contributed by atoms with Crippen molar-refractivity contribution in [3.05, 3.63) is 35.7 Å². The van der Waals surface area contributed by atoms with E-state index in [0.717, 1.165) is 24.5 Å². The van der Waals surface area contributed by atoms with Gasteiger partial charge in [-0.2, -0.15) is 4.68 Å². The lowest BCUT2D eigenvalue weighted by Crippen LogP contribution is -2.22. The van der Waals surface area contributed by atoms with Gasteiger partial charge in [-0.15, -0.1) is 5.10 Å². The van der Waals surface area contributed by atoms with E-state index >= 15 is 0 Å². The Balaban J connectivity index is 2.25. The summed E-state index contributed by atoms with van der Waals surface area (Å²) < 4.78 is 1.81. The van der Waals surface area contributed by atoms with Crippen LogP contribution in [0.25, 0.3) is 5.69 Å². The van der Waals surface area contributed by atoms with Gasteiger partial charge in [0.1, 0.15) is 0 Å². The number of hydrogen-bond acceptors (Lipinski definition) is 4. The van der Waals surface area contributed by atoms with E-state index in [0.29, 0.717) is 0 Å². The van der Waals surface area contributed by atoms with E-state index < -0.39 is 0 Å². The molecule has 0 aliphatic heterocycles. The summed E-state index contributed by atoms with van der Waals surface area (Å²) in [5.41, 5.74) is 2.45. The van der Waals surface area contributed by atoms with Crippen LogP contribution in [0.4, 0.5) is 0 Å². The lowest BCUT2D eigenvalue weighted by Gasteiger charge is -2.19. The number of nitrogens with zero attached hydrogens (tertiary/aromatic N) is 4. The van der Waals surface area contributed by atoms with Gasteiger partial charge in [0.2, 0.25) is 0 Å². The van der Waals surface area contributed by atoms with Crippen LogP contribution in [0.1, 0.15) is 58.5 Å². The fourth-order valence-corrected chi connectivity index (χ4v) is 2.20. The first-order chi connectivity index (χ1) is 9.93. The molecule has 1 atom stereocenters. The maximum absolute atomic E-state index is 4.16. The molecular weight excluding hydrogens is 262 g/mol. The predicted molar refractivity (Wildman–Crippen MR) is 84.6 cm³/mol. The standard InChI is InChI=1S/C16H25N5/c1-6-11-17-12(2)15-18-19-20-21(15)14-9-7-13(8-10-14)16(3,4)5/h7-10,12,17H,6,11H2,1-5H3. The van der Waals surface area contributed by atoms with Crippen LogP contribution in [-0.2, 0) is 5.41 Å². The minimum absolute atomic E-state index is 0.127. The van der Waals surface area contributed by atoms with E-state index in [1.807, 2.05) is 0 Å². The molecule has 1 aromatic heterocycles. The Labute approximate surface area is 126 Å². The second kappa shape index (κ2) is 6.35. The molecule has 0 fully saturated rings. The van der Waals surface area contributed by atoms with Crippen LogP contribution in [0.2, 0.25) is 0 Å². The highest BCUT2D eigenvalue weighted by molar-refractivity contribution is 5.36. The molecule has 0 saturated carbocycles. The highest BCUT2D eigenvalue weighted by Gasteiger charge is 2.17. The lowest BCUT2D eigenvalue weighted by molar-refractivity contribution is 0.531. The summed E-state index contributed by atoms with van der Waals surface area (Å²) in [6.07, 6.45) is 1.09. The Bertz CT molecular complexity index is 565. The van der Waals surface area contributed by atoms with Crippen molar-refractivity contribution in [3.8, 4) is 5.69 Å². The van der Waals surface area contributed by atoms with Crippen molar-refractivity contribution in [2.24, 2.45) is 0 Å². The van der Waals surface area contributed by atoms with Crippen molar-refractivity contribution in [3.63, 3.8) is 0 Å². The van der Waals surface area contributed by atoms with Crippen LogP contribution < -0.4 is 5.32 Å². The maximum atomic E-state index is 4.16. The largest absolute Gasteiger partial charge is 0.307 e. The van der Waals surface area contributed by atoms with Gasteiger partial charge in [-0.3, -0.25) is 0 Å². The summed E-state index contributed by atoms with van der Waals surface area (Å²) in [5, 5.41) is 15.5. The molecule has 0 aliphatic carbocycles. The van der Waals surface area contributed by atoms with Crippen molar-refractivity contribution in [2.45, 2.75) is 52.5 Å². The zero-order valence-electron chi connectivity index (χ0n) is 13.6. The van der Waals surface area contributed by atoms with E-state index in [4.69, 9.17) is 0 Å². The molecule has 114 valence electrons. The van der Waals surface area contributed by atoms with E-state index in [1.54, 1.807) is 4.68 Å². The van der Waals surface area contributed by atoms with E-state index in [-0.39, 0.29) is 11.5 Å². The molecule has 0 saturated heterocycles. The molecule has 21 heavy (non-hydrogen) atoms. The quantitative estimate of drug-likeness (QED) is 0.918. The highest BCUT2D eigenvalue weighted by Crippen LogP contribution is 2.23. The second-order valence-corrected chi connectivity index (χ2v) is 6.42. The molecular formula is C16H25N5. The Morgan fingerprint density at radius 1 is 1.19 bits per heavy atom. The van der Waals surface area contributed by atoms with E-state index in [2.05, 4.69) is 79.7 Å². The van der Waals surface area contributed by atoms with Gasteiger partial charge < -0.3 is 5.32 Å². The number of tetrazole rings is 1. The van der Waals surface area contributed by atoms with Crippen molar-refractivity contribution < 1.29 is 0 Å². The second-order valence-electron chi connectivity index (χ2n) is 6.42. The average molecular weight is 287 g/mol. The molecule has 0 aliphatic rings. The van der Waals surface area contributed by atoms with Gasteiger partial charge in [0.05, 0.1) is 11.7 Å². The Morgan fingerprint density at radius 3 is 2.43 bits per heavy atom. The van der Waals surface area contributed by atoms with Crippen molar-refractivity contribution in [1.29, 1.82) is 0 Å². The molecule has 2 rings (SSSR count). The average Bonchev–Trinajstić information content (AvgIpc) is 2.93. The van der Waals surface area contributed by atoms with Crippen molar-refractivity contribution >= 4 is 0 Å². The van der Waals surface area contributed by atoms with Gasteiger partial charge in [-0.25, -0.2) is 0 Å². The van der Waals surface area contributed by atoms with Gasteiger partial charge in [-0.05, 0) is 53.4 Å². The fraction of sp³-hybridized carbons (Fsp3) is 0.562. The molecule has 0 radical (unpaired) electrons. The molecule has 2 aromatic rings. The summed E-state index contributed by atoms with van der Waals surface area (Å²) in [7, 11) is 0. The summed E-state index contributed by atoms with van der Waals surface area (Å²) in [6, 6.07) is 8.57.